The third-order valence-electron chi connectivity index (χ3n) is 8.47. The normalized spacial score (nSPS) is 26.3. The highest BCUT2D eigenvalue weighted by Crippen LogP contribution is 2.54. The molecule has 0 radical (unpaired) electrons. The van der Waals surface area contributed by atoms with Crippen LogP contribution in [0.5, 0.6) is 23.0 Å². The predicted octanol–water partition coefficient (Wildman–Crippen LogP) is 2.60. The molecule has 1 spiro atoms. The van der Waals surface area contributed by atoms with Crippen LogP contribution < -0.4 is 25.0 Å². The number of imide groups is 1. The molecule has 0 unspecified atom stereocenters. The van der Waals surface area contributed by atoms with E-state index in [0.717, 1.165) is 16.9 Å². The van der Waals surface area contributed by atoms with Gasteiger partial charge in [-0.2, -0.15) is 0 Å². The molecule has 4 atom stereocenters. The van der Waals surface area contributed by atoms with E-state index in [9.17, 15) is 24.6 Å². The van der Waals surface area contributed by atoms with Crippen molar-refractivity contribution in [1.29, 1.82) is 0 Å². The largest absolute Gasteiger partial charge is 0.504 e. The average Bonchev–Trinajstić information content (AvgIpc) is 3.54. The number of phenols is 2. The molecule has 0 aromatic heterocycles. The number of amides is 3. The van der Waals surface area contributed by atoms with Crippen molar-refractivity contribution in [3.63, 3.8) is 0 Å². The molecule has 0 saturated carbocycles. The van der Waals surface area contributed by atoms with Crippen molar-refractivity contribution in [1.82, 2.24) is 5.32 Å². The number of carbonyl (C=O) groups excluding carboxylic acids is 3. The molecule has 4 heterocycles. The summed E-state index contributed by atoms with van der Waals surface area (Å²) in [5.41, 5.74) is 1.79. The Morgan fingerprint density at radius 2 is 1.68 bits per heavy atom. The van der Waals surface area contributed by atoms with E-state index in [2.05, 4.69) is 10.6 Å². The zero-order valence-electron chi connectivity index (χ0n) is 21.6. The zero-order valence-corrected chi connectivity index (χ0v) is 21.6. The molecule has 7 rings (SSSR count). The van der Waals surface area contributed by atoms with Crippen molar-refractivity contribution in [2.45, 2.75) is 31.3 Å². The van der Waals surface area contributed by atoms with Gasteiger partial charge in [-0.1, -0.05) is 25.1 Å². The van der Waals surface area contributed by atoms with Crippen LogP contribution in [0.25, 0.3) is 0 Å². The lowest BCUT2D eigenvalue weighted by Gasteiger charge is -2.30. The summed E-state index contributed by atoms with van der Waals surface area (Å²) in [6.45, 7) is 2.78. The van der Waals surface area contributed by atoms with Crippen molar-refractivity contribution in [2.75, 3.05) is 23.4 Å². The lowest BCUT2D eigenvalue weighted by molar-refractivity contribution is -0.130. The Balaban J connectivity index is 1.36. The number of fused-ring (bicyclic) bond motifs is 5. The van der Waals surface area contributed by atoms with Gasteiger partial charge >= 0.3 is 0 Å². The number of benzene rings is 3. The summed E-state index contributed by atoms with van der Waals surface area (Å²) in [6.07, 6.45) is 0.971. The van der Waals surface area contributed by atoms with Gasteiger partial charge in [0.25, 0.3) is 0 Å². The molecule has 10 heteroatoms. The number of phenolic OH excluding ortho intramolecular Hbond substituents is 2. The molecule has 204 valence electrons. The van der Waals surface area contributed by atoms with Gasteiger partial charge in [0.2, 0.25) is 17.7 Å². The smallest absolute Gasteiger partial charge is 0.250 e. The number of anilines is 2. The number of rotatable bonds is 4. The number of nitrogens with zero attached hydrogens (tertiary/aromatic N) is 1. The molecule has 0 aliphatic carbocycles. The van der Waals surface area contributed by atoms with Crippen LogP contribution in [0, 0.1) is 11.8 Å². The van der Waals surface area contributed by atoms with Crippen molar-refractivity contribution < 1.29 is 34.1 Å². The molecular weight excluding hydrogens is 514 g/mol. The maximum absolute atomic E-state index is 14.3. The van der Waals surface area contributed by atoms with E-state index >= 15 is 0 Å². The molecule has 40 heavy (non-hydrogen) atoms. The summed E-state index contributed by atoms with van der Waals surface area (Å²) in [5, 5.41) is 26.2. The molecule has 2 saturated heterocycles. The van der Waals surface area contributed by atoms with Crippen LogP contribution in [0.3, 0.4) is 0 Å². The molecule has 2 fully saturated rings. The average molecular weight is 542 g/mol. The number of hydrogen-bond acceptors (Lipinski definition) is 8. The highest BCUT2D eigenvalue weighted by molar-refractivity contribution is 6.26. The van der Waals surface area contributed by atoms with Crippen molar-refractivity contribution in [2.24, 2.45) is 11.8 Å². The highest BCUT2D eigenvalue weighted by atomic mass is 16.6. The summed E-state index contributed by atoms with van der Waals surface area (Å²) in [6, 6.07) is 14.5. The maximum Gasteiger partial charge on any atom is 0.250 e. The standard InChI is InChI=1S/C30H27N3O7/c1-2-15-3-6-19-18(11-15)30(29(38)31-19)26-25(20(32-30)12-16-4-7-21(34)22(35)13-16)27(36)33(28(26)37)17-5-8-23-24(14-17)40-10-9-39-23/h3-8,11,13-14,20,25-26,32,34-35H,2,9-10,12H2,1H3,(H,31,38)/t20-,25+,26-,30-/m0/s1. The monoisotopic (exact) mass is 541 g/mol. The Bertz CT molecular complexity index is 1600. The van der Waals surface area contributed by atoms with Gasteiger partial charge in [0.05, 0.1) is 17.5 Å². The lowest BCUT2D eigenvalue weighted by atomic mass is 9.76. The zero-order chi connectivity index (χ0) is 27.8. The highest BCUT2D eigenvalue weighted by Gasteiger charge is 2.70. The second-order valence-electron chi connectivity index (χ2n) is 10.6. The van der Waals surface area contributed by atoms with Crippen LogP contribution in [0.4, 0.5) is 11.4 Å². The number of aryl methyl sites for hydroxylation is 1. The van der Waals surface area contributed by atoms with E-state index in [4.69, 9.17) is 9.47 Å². The van der Waals surface area contributed by atoms with Gasteiger partial charge in [0, 0.05) is 23.4 Å². The Morgan fingerprint density at radius 3 is 2.45 bits per heavy atom. The molecule has 4 N–H and O–H groups in total. The summed E-state index contributed by atoms with van der Waals surface area (Å²) >= 11 is 0. The van der Waals surface area contributed by atoms with Gasteiger partial charge in [0.1, 0.15) is 18.8 Å². The van der Waals surface area contributed by atoms with Crippen LogP contribution in [-0.2, 0) is 32.8 Å². The fourth-order valence-electron chi connectivity index (χ4n) is 6.62. The quantitative estimate of drug-likeness (QED) is 0.292. The Morgan fingerprint density at radius 1 is 0.900 bits per heavy atom. The third-order valence-corrected chi connectivity index (χ3v) is 8.47. The Kier molecular flexibility index (Phi) is 5.33. The third kappa shape index (κ3) is 3.35. The van der Waals surface area contributed by atoms with E-state index in [-0.39, 0.29) is 23.8 Å². The molecule has 4 aliphatic rings. The second-order valence-corrected chi connectivity index (χ2v) is 10.6. The number of ether oxygens (including phenoxy) is 2. The summed E-state index contributed by atoms with van der Waals surface area (Å²) in [7, 11) is 0. The Labute approximate surface area is 229 Å². The molecule has 4 aliphatic heterocycles. The number of carbonyl (C=O) groups is 3. The van der Waals surface area contributed by atoms with Crippen molar-refractivity contribution in [3.05, 3.63) is 71.3 Å². The number of hydrogen-bond donors (Lipinski definition) is 4. The molecular formula is C30H27N3O7. The van der Waals surface area contributed by atoms with E-state index in [1.54, 1.807) is 24.3 Å². The molecule has 10 nitrogen and oxygen atoms in total. The minimum Gasteiger partial charge on any atom is -0.504 e. The second kappa shape index (κ2) is 8.72. The van der Waals surface area contributed by atoms with E-state index in [1.165, 1.54) is 12.1 Å². The van der Waals surface area contributed by atoms with Crippen molar-refractivity contribution in [3.8, 4) is 23.0 Å². The lowest BCUT2D eigenvalue weighted by Crippen LogP contribution is -2.53. The van der Waals surface area contributed by atoms with Gasteiger partial charge in [-0.05, 0) is 54.3 Å². The van der Waals surface area contributed by atoms with E-state index in [0.29, 0.717) is 47.2 Å². The van der Waals surface area contributed by atoms with Crippen molar-refractivity contribution >= 4 is 29.1 Å². The van der Waals surface area contributed by atoms with Gasteiger partial charge in [-0.25, -0.2) is 4.90 Å². The molecule has 0 bridgehead atoms. The Hall–Kier alpha value is -4.57. The topological polar surface area (TPSA) is 137 Å². The molecule has 3 aromatic carbocycles. The summed E-state index contributed by atoms with van der Waals surface area (Å²) < 4.78 is 11.3. The van der Waals surface area contributed by atoms with Crippen LogP contribution in [0.15, 0.2) is 54.6 Å². The fourth-order valence-corrected chi connectivity index (χ4v) is 6.62. The number of aromatic hydroxyl groups is 2. The first kappa shape index (κ1) is 24.5. The predicted molar refractivity (Wildman–Crippen MR) is 143 cm³/mol. The molecule has 3 amide bonds. The van der Waals surface area contributed by atoms with Crippen LogP contribution in [0.2, 0.25) is 0 Å². The van der Waals surface area contributed by atoms with Gasteiger partial charge < -0.3 is 25.0 Å². The summed E-state index contributed by atoms with van der Waals surface area (Å²) in [4.78, 5) is 43.4. The first-order valence-corrected chi connectivity index (χ1v) is 13.3. The van der Waals surface area contributed by atoms with E-state index < -0.39 is 35.2 Å². The SMILES string of the molecule is CCc1ccc2c(c1)[C@@]1(N[C@@H](Cc3ccc(O)c(O)c3)[C@H]3C(=O)N(c4ccc5c(c4)OCCO5)C(=O)[C@H]31)C(=O)N2. The van der Waals surface area contributed by atoms with Crippen LogP contribution >= 0.6 is 0 Å². The van der Waals surface area contributed by atoms with Gasteiger partial charge in [-0.15, -0.1) is 0 Å². The first-order chi connectivity index (χ1) is 19.3. The van der Waals surface area contributed by atoms with E-state index in [1.807, 2.05) is 25.1 Å². The first-order valence-electron chi connectivity index (χ1n) is 13.3. The van der Waals surface area contributed by atoms with Crippen LogP contribution in [0.1, 0.15) is 23.6 Å². The van der Waals surface area contributed by atoms with Gasteiger partial charge in [-0.3, -0.25) is 19.7 Å². The fraction of sp³-hybridized carbons (Fsp3) is 0.300. The minimum atomic E-state index is -1.45. The summed E-state index contributed by atoms with van der Waals surface area (Å²) in [5.74, 6) is -2.70. The minimum absolute atomic E-state index is 0.237. The van der Waals surface area contributed by atoms with Gasteiger partial charge in [0.15, 0.2) is 23.0 Å². The maximum atomic E-state index is 14.3. The molecule has 3 aromatic rings. The van der Waals surface area contributed by atoms with Crippen LogP contribution in [-0.4, -0.2) is 47.2 Å². The number of nitrogens with one attached hydrogen (secondary N) is 2.